The van der Waals surface area contributed by atoms with Crippen LogP contribution in [-0.4, -0.2) is 60.2 Å². The summed E-state index contributed by atoms with van der Waals surface area (Å²) in [5.74, 6) is 2.21. The van der Waals surface area contributed by atoms with Crippen LogP contribution in [0.2, 0.25) is 5.15 Å². The van der Waals surface area contributed by atoms with E-state index in [1.54, 1.807) is 31.5 Å². The van der Waals surface area contributed by atoms with Crippen molar-refractivity contribution in [1.82, 2.24) is 14.9 Å². The van der Waals surface area contributed by atoms with E-state index in [1.165, 1.54) is 0 Å². The van der Waals surface area contributed by atoms with Crippen LogP contribution >= 0.6 is 11.6 Å². The molecular formula is C23H26ClN5O3. The molecule has 3 heterocycles. The summed E-state index contributed by atoms with van der Waals surface area (Å²) in [7, 11) is 1.60. The number of piperazine rings is 1. The molecule has 0 N–H and O–H groups in total. The van der Waals surface area contributed by atoms with Crippen LogP contribution in [0.5, 0.6) is 11.5 Å². The van der Waals surface area contributed by atoms with Gasteiger partial charge in [-0.2, -0.15) is 5.26 Å². The molecule has 0 aromatic carbocycles. The lowest BCUT2D eigenvalue weighted by atomic mass is 10.1. The van der Waals surface area contributed by atoms with E-state index in [1.807, 2.05) is 11.8 Å². The first-order valence-corrected chi connectivity index (χ1v) is 11.2. The fraction of sp³-hybridized carbons (Fsp3) is 0.478. The summed E-state index contributed by atoms with van der Waals surface area (Å²) in [5.41, 5.74) is 1.31. The Bertz CT molecular complexity index is 1040. The maximum Gasteiger partial charge on any atom is 0.225 e. The Balaban J connectivity index is 1.58. The van der Waals surface area contributed by atoms with E-state index in [-0.39, 0.29) is 11.9 Å². The first-order valence-electron chi connectivity index (χ1n) is 10.8. The number of halogens is 1. The van der Waals surface area contributed by atoms with Gasteiger partial charge in [-0.3, -0.25) is 4.79 Å². The number of ether oxygens (including phenoxy) is 2. The van der Waals surface area contributed by atoms with Crippen molar-refractivity contribution in [3.8, 4) is 17.6 Å². The van der Waals surface area contributed by atoms with Gasteiger partial charge in [-0.1, -0.05) is 11.6 Å². The summed E-state index contributed by atoms with van der Waals surface area (Å²) >= 11 is 5.99. The second kappa shape index (κ2) is 9.72. The zero-order valence-electron chi connectivity index (χ0n) is 18.3. The van der Waals surface area contributed by atoms with Gasteiger partial charge >= 0.3 is 0 Å². The highest BCUT2D eigenvalue weighted by atomic mass is 35.5. The molecule has 1 aliphatic carbocycles. The molecule has 168 valence electrons. The van der Waals surface area contributed by atoms with Gasteiger partial charge in [-0.05, 0) is 25.8 Å². The molecule has 1 saturated carbocycles. The molecule has 1 saturated heterocycles. The predicted molar refractivity (Wildman–Crippen MR) is 120 cm³/mol. The molecule has 32 heavy (non-hydrogen) atoms. The van der Waals surface area contributed by atoms with Crippen LogP contribution in [0.3, 0.4) is 0 Å². The van der Waals surface area contributed by atoms with E-state index in [4.69, 9.17) is 26.1 Å². The van der Waals surface area contributed by atoms with Crippen LogP contribution in [0.25, 0.3) is 0 Å². The van der Waals surface area contributed by atoms with Gasteiger partial charge < -0.3 is 19.3 Å². The van der Waals surface area contributed by atoms with Crippen molar-refractivity contribution in [2.75, 3.05) is 38.3 Å². The maximum absolute atomic E-state index is 12.5. The zero-order chi connectivity index (χ0) is 22.7. The third-order valence-electron chi connectivity index (χ3n) is 5.77. The lowest BCUT2D eigenvalue weighted by molar-refractivity contribution is -0.134. The third-order valence-corrected chi connectivity index (χ3v) is 5.98. The Hall–Kier alpha value is -2.89. The number of carbonyl (C=O) groups is 1. The molecule has 4 rings (SSSR count). The van der Waals surface area contributed by atoms with Crippen molar-refractivity contribution < 1.29 is 14.3 Å². The molecule has 2 fully saturated rings. The molecule has 1 aliphatic heterocycles. The largest absolute Gasteiger partial charge is 0.455 e. The molecule has 1 unspecified atom stereocenters. The highest BCUT2D eigenvalue weighted by molar-refractivity contribution is 6.29. The molecule has 1 atom stereocenters. The fourth-order valence-electron chi connectivity index (χ4n) is 3.98. The second-order valence-corrected chi connectivity index (χ2v) is 8.56. The number of aromatic nitrogens is 2. The fourth-order valence-corrected chi connectivity index (χ4v) is 4.15. The standard InChI is InChI=1S/C23H26ClN5O3/c1-15-14-28(8-9-29(15)21(30)6-10-31-2)23-17(13-25)11-19(22(27-23)16-3-4-16)32-18-5-7-26-20(24)12-18/h5,7,11-12,15-16H,3-4,6,8-10,14H2,1-2H3. The van der Waals surface area contributed by atoms with Gasteiger partial charge in [0.05, 0.1) is 24.3 Å². The number of nitrogens with zero attached hydrogens (tertiary/aromatic N) is 5. The lowest BCUT2D eigenvalue weighted by Crippen LogP contribution is -2.54. The monoisotopic (exact) mass is 455 g/mol. The van der Waals surface area contributed by atoms with Crippen molar-refractivity contribution in [3.63, 3.8) is 0 Å². The smallest absolute Gasteiger partial charge is 0.225 e. The van der Waals surface area contributed by atoms with Crippen LogP contribution in [0.15, 0.2) is 24.4 Å². The number of amides is 1. The second-order valence-electron chi connectivity index (χ2n) is 8.17. The zero-order valence-corrected chi connectivity index (χ0v) is 19.0. The first kappa shape index (κ1) is 22.3. The number of hydrogen-bond donors (Lipinski definition) is 0. The number of hydrogen-bond acceptors (Lipinski definition) is 7. The molecule has 9 heteroatoms. The van der Waals surface area contributed by atoms with Crippen molar-refractivity contribution in [3.05, 3.63) is 40.8 Å². The van der Waals surface area contributed by atoms with E-state index in [0.29, 0.717) is 66.6 Å². The summed E-state index contributed by atoms with van der Waals surface area (Å²) in [6.07, 6.45) is 4.05. The number of anilines is 1. The first-order chi connectivity index (χ1) is 15.5. The van der Waals surface area contributed by atoms with Gasteiger partial charge in [0.25, 0.3) is 0 Å². The van der Waals surface area contributed by atoms with Crippen molar-refractivity contribution in [1.29, 1.82) is 5.26 Å². The van der Waals surface area contributed by atoms with Gasteiger partial charge in [0.15, 0.2) is 5.75 Å². The Kier molecular flexibility index (Phi) is 6.77. The molecule has 2 aromatic heterocycles. The van der Waals surface area contributed by atoms with E-state index >= 15 is 0 Å². The summed E-state index contributed by atoms with van der Waals surface area (Å²) in [4.78, 5) is 25.3. The normalized spacial score (nSPS) is 18.4. The van der Waals surface area contributed by atoms with Gasteiger partial charge in [-0.25, -0.2) is 9.97 Å². The van der Waals surface area contributed by atoms with Gasteiger partial charge in [0, 0.05) is 57.0 Å². The molecule has 1 amide bonds. The minimum Gasteiger partial charge on any atom is -0.455 e. The SMILES string of the molecule is COCCC(=O)N1CCN(c2nc(C3CC3)c(Oc3ccnc(Cl)c3)cc2C#N)CC1C. The minimum atomic E-state index is 0.0145. The highest BCUT2D eigenvalue weighted by Crippen LogP contribution is 2.45. The molecule has 0 radical (unpaired) electrons. The number of pyridine rings is 2. The molecule has 0 spiro atoms. The van der Waals surface area contributed by atoms with Crippen molar-refractivity contribution in [2.24, 2.45) is 0 Å². The number of nitriles is 1. The topological polar surface area (TPSA) is 91.6 Å². The van der Waals surface area contributed by atoms with Gasteiger partial charge in [0.1, 0.15) is 22.8 Å². The summed E-state index contributed by atoms with van der Waals surface area (Å²) in [6.45, 7) is 4.26. The Morgan fingerprint density at radius 1 is 1.34 bits per heavy atom. The number of carbonyl (C=O) groups excluding carboxylic acids is 1. The van der Waals surface area contributed by atoms with Gasteiger partial charge in [0.2, 0.25) is 5.91 Å². The summed E-state index contributed by atoms with van der Waals surface area (Å²) in [5, 5.41) is 10.2. The Morgan fingerprint density at radius 3 is 2.81 bits per heavy atom. The molecule has 2 aliphatic rings. The number of rotatable bonds is 7. The van der Waals surface area contributed by atoms with Crippen LogP contribution in [0.1, 0.15) is 43.4 Å². The predicted octanol–water partition coefficient (Wildman–Crippen LogP) is 3.74. The highest BCUT2D eigenvalue weighted by Gasteiger charge is 2.33. The average molecular weight is 456 g/mol. The summed E-state index contributed by atoms with van der Waals surface area (Å²) in [6, 6.07) is 7.42. The maximum atomic E-state index is 12.5. The van der Waals surface area contributed by atoms with E-state index in [0.717, 1.165) is 18.5 Å². The lowest BCUT2D eigenvalue weighted by Gasteiger charge is -2.40. The van der Waals surface area contributed by atoms with Crippen molar-refractivity contribution in [2.45, 2.75) is 38.1 Å². The Labute approximate surface area is 192 Å². The average Bonchev–Trinajstić information content (AvgIpc) is 3.62. The summed E-state index contributed by atoms with van der Waals surface area (Å²) < 4.78 is 11.1. The molecule has 8 nitrogen and oxygen atoms in total. The molecule has 0 bridgehead atoms. The van der Waals surface area contributed by atoms with Crippen LogP contribution in [0.4, 0.5) is 5.82 Å². The third kappa shape index (κ3) is 4.95. The minimum absolute atomic E-state index is 0.0145. The van der Waals surface area contributed by atoms with E-state index in [9.17, 15) is 10.1 Å². The van der Waals surface area contributed by atoms with E-state index in [2.05, 4.69) is 16.0 Å². The van der Waals surface area contributed by atoms with Crippen molar-refractivity contribution >= 4 is 23.3 Å². The van der Waals surface area contributed by atoms with Crippen LogP contribution in [-0.2, 0) is 9.53 Å². The number of methoxy groups -OCH3 is 1. The van der Waals surface area contributed by atoms with E-state index < -0.39 is 0 Å². The molecule has 2 aromatic rings. The van der Waals surface area contributed by atoms with Gasteiger partial charge in [-0.15, -0.1) is 0 Å². The van der Waals surface area contributed by atoms with Crippen LogP contribution < -0.4 is 9.64 Å². The van der Waals surface area contributed by atoms with Crippen LogP contribution in [0, 0.1) is 11.3 Å². The molecular weight excluding hydrogens is 430 g/mol. The quantitative estimate of drug-likeness (QED) is 0.587. The Morgan fingerprint density at radius 2 is 2.16 bits per heavy atom.